The number of aryl methyl sites for hydroxylation is 2. The molecule has 2 atom stereocenters. The number of rotatable bonds is 5. The number of ketones is 1. The van der Waals surface area contributed by atoms with E-state index >= 15 is 0 Å². The van der Waals surface area contributed by atoms with Crippen LogP contribution in [0, 0.1) is 12.8 Å². The molecular formula is C30H38N4O. The third kappa shape index (κ3) is 4.47. The molecule has 2 aromatic carbocycles. The number of aromatic amines is 1. The summed E-state index contributed by atoms with van der Waals surface area (Å²) in [6, 6.07) is 15.6. The minimum Gasteiger partial charge on any atom is -0.380 e. The number of aromatic nitrogens is 1. The number of H-pyrrole nitrogens is 1. The van der Waals surface area contributed by atoms with Gasteiger partial charge in [0.15, 0.2) is 5.78 Å². The Bertz CT molecular complexity index is 1190. The van der Waals surface area contributed by atoms with E-state index in [0.717, 1.165) is 51.9 Å². The minimum absolute atomic E-state index is 0.0299. The van der Waals surface area contributed by atoms with Crippen LogP contribution in [0.5, 0.6) is 0 Å². The second-order valence-electron chi connectivity index (χ2n) is 10.9. The molecule has 6 rings (SSSR count). The number of Topliss-reactive ketones (excluding diaryl/α,β-unsaturated/α-hetero) is 1. The van der Waals surface area contributed by atoms with Crippen molar-refractivity contribution in [1.82, 2.24) is 9.88 Å². The summed E-state index contributed by atoms with van der Waals surface area (Å²) in [6.07, 6.45) is 9.96. The van der Waals surface area contributed by atoms with E-state index < -0.39 is 0 Å². The highest BCUT2D eigenvalue weighted by Crippen LogP contribution is 2.34. The van der Waals surface area contributed by atoms with Crippen molar-refractivity contribution in [2.24, 2.45) is 5.92 Å². The zero-order chi connectivity index (χ0) is 23.8. The zero-order valence-corrected chi connectivity index (χ0v) is 20.9. The van der Waals surface area contributed by atoms with Crippen molar-refractivity contribution in [3.8, 4) is 0 Å². The number of carbonyl (C=O) groups is 1. The van der Waals surface area contributed by atoms with Crippen LogP contribution in [0.3, 0.4) is 0 Å². The summed E-state index contributed by atoms with van der Waals surface area (Å²) in [4.78, 5) is 22.4. The van der Waals surface area contributed by atoms with Gasteiger partial charge in [-0.3, -0.25) is 9.69 Å². The van der Waals surface area contributed by atoms with Crippen LogP contribution in [0.1, 0.15) is 49.7 Å². The lowest BCUT2D eigenvalue weighted by molar-refractivity contribution is -0.130. The molecule has 0 bridgehead atoms. The maximum Gasteiger partial charge on any atom is 0.155 e. The quantitative estimate of drug-likeness (QED) is 0.514. The van der Waals surface area contributed by atoms with Gasteiger partial charge >= 0.3 is 0 Å². The van der Waals surface area contributed by atoms with Gasteiger partial charge in [0.25, 0.3) is 0 Å². The van der Waals surface area contributed by atoms with Crippen LogP contribution in [0.2, 0.25) is 0 Å². The molecule has 2 unspecified atom stereocenters. The van der Waals surface area contributed by atoms with Gasteiger partial charge in [-0.15, -0.1) is 0 Å². The highest BCUT2D eigenvalue weighted by atomic mass is 16.1. The lowest BCUT2D eigenvalue weighted by atomic mass is 9.79. The maximum atomic E-state index is 14.1. The molecule has 184 valence electrons. The number of fused-ring (bicyclic) bond motifs is 2. The van der Waals surface area contributed by atoms with Crippen LogP contribution < -0.4 is 10.2 Å². The monoisotopic (exact) mass is 470 g/mol. The van der Waals surface area contributed by atoms with Crippen LogP contribution in [0.15, 0.2) is 48.7 Å². The van der Waals surface area contributed by atoms with Gasteiger partial charge < -0.3 is 15.2 Å². The first kappa shape index (κ1) is 22.7. The zero-order valence-electron chi connectivity index (χ0n) is 20.9. The molecule has 3 heterocycles. The first-order chi connectivity index (χ1) is 17.2. The molecule has 35 heavy (non-hydrogen) atoms. The molecule has 0 radical (unpaired) electrons. The predicted molar refractivity (Wildman–Crippen MR) is 144 cm³/mol. The number of carbonyl (C=O) groups excluding carboxylic acids is 1. The summed E-state index contributed by atoms with van der Waals surface area (Å²) in [5, 5.41) is 5.11. The molecule has 1 aliphatic carbocycles. The first-order valence-corrected chi connectivity index (χ1v) is 13.6. The van der Waals surface area contributed by atoms with Crippen molar-refractivity contribution in [3.63, 3.8) is 0 Å². The van der Waals surface area contributed by atoms with E-state index in [1.54, 1.807) is 0 Å². The van der Waals surface area contributed by atoms with E-state index in [9.17, 15) is 4.79 Å². The molecule has 2 fully saturated rings. The molecule has 3 aromatic rings. The molecule has 1 saturated carbocycles. The average molecular weight is 471 g/mol. The molecular weight excluding hydrogens is 432 g/mol. The number of hydrogen-bond acceptors (Lipinski definition) is 4. The Morgan fingerprint density at radius 2 is 1.80 bits per heavy atom. The van der Waals surface area contributed by atoms with Gasteiger partial charge in [0.05, 0.1) is 6.04 Å². The van der Waals surface area contributed by atoms with Gasteiger partial charge in [0, 0.05) is 66.6 Å². The normalized spacial score (nSPS) is 22.5. The number of nitrogens with zero attached hydrogens (tertiary/aromatic N) is 2. The molecule has 3 aliphatic rings. The fourth-order valence-corrected chi connectivity index (χ4v) is 6.74. The molecule has 0 amide bonds. The van der Waals surface area contributed by atoms with E-state index in [-0.39, 0.29) is 18.0 Å². The average Bonchev–Trinajstić information content (AvgIpc) is 3.39. The highest BCUT2D eigenvalue weighted by Gasteiger charge is 2.40. The lowest BCUT2D eigenvalue weighted by Crippen LogP contribution is -2.60. The van der Waals surface area contributed by atoms with E-state index in [1.165, 1.54) is 52.7 Å². The molecule has 5 heteroatoms. The Kier molecular flexibility index (Phi) is 6.28. The van der Waals surface area contributed by atoms with Crippen molar-refractivity contribution in [3.05, 3.63) is 59.8 Å². The van der Waals surface area contributed by atoms with Crippen molar-refractivity contribution in [2.45, 2.75) is 64.0 Å². The van der Waals surface area contributed by atoms with E-state index in [4.69, 9.17) is 0 Å². The fraction of sp³-hybridized carbons (Fsp3) is 0.500. The molecule has 2 N–H and O–H groups in total. The largest absolute Gasteiger partial charge is 0.380 e. The van der Waals surface area contributed by atoms with Crippen LogP contribution in [-0.4, -0.2) is 53.9 Å². The third-order valence-electron chi connectivity index (χ3n) is 8.63. The molecule has 5 nitrogen and oxygen atoms in total. The Morgan fingerprint density at radius 3 is 2.63 bits per heavy atom. The Hall–Kier alpha value is -2.79. The standard InChI is InChI=1S/C30H38N4O/c1-21-10-12-25-23(20-21)11-13-27(32-25)29(30(35)22-6-3-2-4-7-22)34-18-16-33(17-19-34)28-9-5-8-26-24(28)14-15-31-26/h5,8-10,12,14-15,20,22,27,29,31-32H,2-4,6-7,11,13,16-19H2,1H3. The first-order valence-electron chi connectivity index (χ1n) is 13.6. The van der Waals surface area contributed by atoms with E-state index in [2.05, 4.69) is 69.5 Å². The molecule has 2 aliphatic heterocycles. The van der Waals surface area contributed by atoms with Gasteiger partial charge in [0.1, 0.15) is 0 Å². The Balaban J connectivity index is 1.23. The lowest BCUT2D eigenvalue weighted by Gasteiger charge is -2.45. The van der Waals surface area contributed by atoms with Crippen molar-refractivity contribution >= 4 is 28.1 Å². The molecule has 1 saturated heterocycles. The van der Waals surface area contributed by atoms with Crippen LogP contribution >= 0.6 is 0 Å². The van der Waals surface area contributed by atoms with Crippen LogP contribution in [0.4, 0.5) is 11.4 Å². The smallest absolute Gasteiger partial charge is 0.155 e. The van der Waals surface area contributed by atoms with Gasteiger partial charge in [-0.25, -0.2) is 0 Å². The molecule has 1 aromatic heterocycles. The number of nitrogens with one attached hydrogen (secondary N) is 2. The number of anilines is 2. The third-order valence-corrected chi connectivity index (χ3v) is 8.63. The van der Waals surface area contributed by atoms with Crippen LogP contribution in [0.25, 0.3) is 10.9 Å². The fourth-order valence-electron chi connectivity index (χ4n) is 6.74. The van der Waals surface area contributed by atoms with Gasteiger partial charge in [-0.05, 0) is 62.4 Å². The summed E-state index contributed by atoms with van der Waals surface area (Å²) < 4.78 is 0. The van der Waals surface area contributed by atoms with Gasteiger partial charge in [0.2, 0.25) is 0 Å². The number of hydrogen-bond donors (Lipinski definition) is 2. The highest BCUT2D eigenvalue weighted by molar-refractivity contribution is 5.92. The van der Waals surface area contributed by atoms with E-state index in [0.29, 0.717) is 5.78 Å². The van der Waals surface area contributed by atoms with Crippen molar-refractivity contribution in [1.29, 1.82) is 0 Å². The van der Waals surface area contributed by atoms with Crippen LogP contribution in [-0.2, 0) is 11.2 Å². The number of piperazine rings is 1. The summed E-state index contributed by atoms with van der Waals surface area (Å²) in [6.45, 7) is 5.95. The van der Waals surface area contributed by atoms with Gasteiger partial charge in [-0.1, -0.05) is 43.0 Å². The molecule has 0 spiro atoms. The maximum absolute atomic E-state index is 14.1. The van der Waals surface area contributed by atoms with Crippen molar-refractivity contribution < 1.29 is 4.79 Å². The summed E-state index contributed by atoms with van der Waals surface area (Å²) in [7, 11) is 0. The Morgan fingerprint density at radius 1 is 0.971 bits per heavy atom. The van der Waals surface area contributed by atoms with E-state index in [1.807, 2.05) is 6.20 Å². The number of benzene rings is 2. The predicted octanol–water partition coefficient (Wildman–Crippen LogP) is 5.54. The van der Waals surface area contributed by atoms with Gasteiger partial charge in [-0.2, -0.15) is 0 Å². The second kappa shape index (κ2) is 9.69. The second-order valence-corrected chi connectivity index (χ2v) is 10.9. The van der Waals surface area contributed by atoms with Crippen molar-refractivity contribution in [2.75, 3.05) is 36.4 Å². The topological polar surface area (TPSA) is 51.4 Å². The Labute approximate surface area is 208 Å². The SMILES string of the molecule is Cc1ccc2c(c1)CCC(C(C(=O)C1CCCCC1)N1CCN(c3cccc4[nH]ccc34)CC1)N2. The summed E-state index contributed by atoms with van der Waals surface area (Å²) in [5.41, 5.74) is 6.43. The summed E-state index contributed by atoms with van der Waals surface area (Å²) in [5.74, 6) is 0.737. The minimum atomic E-state index is -0.0299. The summed E-state index contributed by atoms with van der Waals surface area (Å²) >= 11 is 0.